The summed E-state index contributed by atoms with van der Waals surface area (Å²) in [5, 5.41) is 9.69. The van der Waals surface area contributed by atoms with E-state index in [0.29, 0.717) is 5.69 Å². The average molecular weight is 177 g/mol. The molecule has 1 atom stereocenters. The largest absolute Gasteiger partial charge is 0.399 e. The van der Waals surface area contributed by atoms with Gasteiger partial charge in [-0.1, -0.05) is 12.6 Å². The van der Waals surface area contributed by atoms with Crippen molar-refractivity contribution in [3.8, 4) is 0 Å². The van der Waals surface area contributed by atoms with Crippen molar-refractivity contribution in [1.82, 2.24) is 0 Å². The van der Waals surface area contributed by atoms with E-state index < -0.39 is 6.10 Å². The molecule has 0 radical (unpaired) electrons. The van der Waals surface area contributed by atoms with Crippen LogP contribution >= 0.6 is 0 Å². The molecule has 0 bridgehead atoms. The summed E-state index contributed by atoms with van der Waals surface area (Å²) in [5.41, 5.74) is 8.92. The van der Waals surface area contributed by atoms with Crippen LogP contribution < -0.4 is 5.73 Å². The zero-order valence-electron chi connectivity index (χ0n) is 8.04. The second kappa shape index (κ2) is 3.62. The summed E-state index contributed by atoms with van der Waals surface area (Å²) in [6.45, 7) is 7.44. The van der Waals surface area contributed by atoms with Crippen molar-refractivity contribution in [2.75, 3.05) is 5.73 Å². The lowest BCUT2D eigenvalue weighted by Crippen LogP contribution is -1.99. The van der Waals surface area contributed by atoms with Crippen molar-refractivity contribution < 1.29 is 5.11 Å². The molecule has 1 aromatic rings. The van der Waals surface area contributed by atoms with Gasteiger partial charge in [0.1, 0.15) is 0 Å². The van der Waals surface area contributed by atoms with E-state index in [2.05, 4.69) is 6.58 Å². The molecule has 0 saturated heterocycles. The SMILES string of the molecule is C=C(C)C(O)c1cc(C)cc(N)c1. The van der Waals surface area contributed by atoms with Crippen molar-refractivity contribution in [2.24, 2.45) is 0 Å². The first-order valence-corrected chi connectivity index (χ1v) is 4.21. The molecule has 1 rings (SSSR count). The Morgan fingerprint density at radius 3 is 2.54 bits per heavy atom. The monoisotopic (exact) mass is 177 g/mol. The van der Waals surface area contributed by atoms with Crippen LogP contribution in [0.3, 0.4) is 0 Å². The molecule has 0 heterocycles. The standard InChI is InChI=1S/C11H15NO/c1-7(2)11(13)9-4-8(3)5-10(12)6-9/h4-6,11,13H,1,12H2,2-3H3. The predicted octanol–water partition coefficient (Wildman–Crippen LogP) is 2.19. The van der Waals surface area contributed by atoms with Crippen LogP contribution in [0.25, 0.3) is 0 Å². The summed E-state index contributed by atoms with van der Waals surface area (Å²) in [5.74, 6) is 0. The van der Waals surface area contributed by atoms with Crippen molar-refractivity contribution in [1.29, 1.82) is 0 Å². The van der Waals surface area contributed by atoms with E-state index in [0.717, 1.165) is 16.7 Å². The third kappa shape index (κ3) is 2.33. The fourth-order valence-corrected chi connectivity index (χ4v) is 1.29. The molecular weight excluding hydrogens is 162 g/mol. The number of aryl methyl sites for hydroxylation is 1. The topological polar surface area (TPSA) is 46.2 Å². The van der Waals surface area contributed by atoms with Gasteiger partial charge >= 0.3 is 0 Å². The first kappa shape index (κ1) is 9.81. The number of aliphatic hydroxyl groups excluding tert-OH is 1. The lowest BCUT2D eigenvalue weighted by Gasteiger charge is -2.11. The van der Waals surface area contributed by atoms with Crippen molar-refractivity contribution in [3.05, 3.63) is 41.5 Å². The Hall–Kier alpha value is -1.28. The Balaban J connectivity index is 3.07. The zero-order chi connectivity index (χ0) is 10.0. The lowest BCUT2D eigenvalue weighted by molar-refractivity contribution is 0.216. The molecule has 0 amide bonds. The maximum absolute atomic E-state index is 9.69. The third-order valence-corrected chi connectivity index (χ3v) is 1.90. The summed E-state index contributed by atoms with van der Waals surface area (Å²) in [6.07, 6.45) is -0.609. The minimum atomic E-state index is -0.609. The van der Waals surface area contributed by atoms with Crippen LogP contribution in [0, 0.1) is 6.92 Å². The molecule has 0 saturated carbocycles. The van der Waals surface area contributed by atoms with Crippen molar-refractivity contribution >= 4 is 5.69 Å². The third-order valence-electron chi connectivity index (χ3n) is 1.90. The zero-order valence-corrected chi connectivity index (χ0v) is 8.04. The molecule has 70 valence electrons. The number of anilines is 1. The van der Waals surface area contributed by atoms with Crippen LogP contribution in [0.2, 0.25) is 0 Å². The van der Waals surface area contributed by atoms with Crippen LogP contribution in [-0.4, -0.2) is 5.11 Å². The maximum atomic E-state index is 9.69. The predicted molar refractivity (Wildman–Crippen MR) is 55.4 cm³/mol. The number of nitrogen functional groups attached to an aromatic ring is 1. The van der Waals surface area contributed by atoms with Crippen LogP contribution in [0.15, 0.2) is 30.4 Å². The van der Waals surface area contributed by atoms with Gasteiger partial charge in [-0.3, -0.25) is 0 Å². The second-order valence-electron chi connectivity index (χ2n) is 3.43. The summed E-state index contributed by atoms with van der Waals surface area (Å²) in [4.78, 5) is 0. The van der Waals surface area contributed by atoms with Gasteiger partial charge in [0.2, 0.25) is 0 Å². The molecule has 1 aromatic carbocycles. The van der Waals surface area contributed by atoms with Gasteiger partial charge in [0.25, 0.3) is 0 Å². The molecule has 13 heavy (non-hydrogen) atoms. The van der Waals surface area contributed by atoms with Crippen LogP contribution in [0.4, 0.5) is 5.69 Å². The van der Waals surface area contributed by atoms with Gasteiger partial charge in [-0.05, 0) is 42.7 Å². The normalized spacial score (nSPS) is 12.5. The highest BCUT2D eigenvalue weighted by Crippen LogP contribution is 2.22. The molecular formula is C11H15NO. The number of benzene rings is 1. The highest BCUT2D eigenvalue weighted by Gasteiger charge is 2.08. The molecule has 0 fully saturated rings. The highest BCUT2D eigenvalue weighted by atomic mass is 16.3. The summed E-state index contributed by atoms with van der Waals surface area (Å²) >= 11 is 0. The van der Waals surface area contributed by atoms with Gasteiger partial charge in [-0.2, -0.15) is 0 Å². The Bertz CT molecular complexity index is 311. The van der Waals surface area contributed by atoms with E-state index in [4.69, 9.17) is 5.73 Å². The van der Waals surface area contributed by atoms with Gasteiger partial charge in [0, 0.05) is 5.69 Å². The molecule has 2 nitrogen and oxygen atoms in total. The summed E-state index contributed by atoms with van der Waals surface area (Å²) < 4.78 is 0. The maximum Gasteiger partial charge on any atom is 0.0996 e. The van der Waals surface area contributed by atoms with Crippen LogP contribution in [-0.2, 0) is 0 Å². The smallest absolute Gasteiger partial charge is 0.0996 e. The van der Waals surface area contributed by atoms with E-state index in [1.807, 2.05) is 19.1 Å². The fraction of sp³-hybridized carbons (Fsp3) is 0.273. The Kier molecular flexibility index (Phi) is 2.73. The fourth-order valence-electron chi connectivity index (χ4n) is 1.29. The van der Waals surface area contributed by atoms with Crippen molar-refractivity contribution in [3.63, 3.8) is 0 Å². The molecule has 0 aliphatic rings. The molecule has 0 aromatic heterocycles. The lowest BCUT2D eigenvalue weighted by atomic mass is 10.0. The highest BCUT2D eigenvalue weighted by molar-refractivity contribution is 5.46. The number of nitrogens with two attached hydrogens (primary N) is 1. The van der Waals surface area contributed by atoms with E-state index in [-0.39, 0.29) is 0 Å². The van der Waals surface area contributed by atoms with Gasteiger partial charge < -0.3 is 10.8 Å². The summed E-state index contributed by atoms with van der Waals surface area (Å²) in [6, 6.07) is 5.55. The molecule has 0 aliphatic heterocycles. The molecule has 0 spiro atoms. The Morgan fingerprint density at radius 2 is 2.08 bits per heavy atom. The van der Waals surface area contributed by atoms with Crippen molar-refractivity contribution in [2.45, 2.75) is 20.0 Å². The first-order valence-electron chi connectivity index (χ1n) is 4.21. The quantitative estimate of drug-likeness (QED) is 0.537. The van der Waals surface area contributed by atoms with E-state index in [1.54, 1.807) is 13.0 Å². The number of hydrogen-bond acceptors (Lipinski definition) is 2. The average Bonchev–Trinajstić information content (AvgIpc) is 2.01. The second-order valence-corrected chi connectivity index (χ2v) is 3.43. The first-order chi connectivity index (χ1) is 6.00. The molecule has 0 aliphatic carbocycles. The number of aliphatic hydroxyl groups is 1. The molecule has 3 N–H and O–H groups in total. The molecule has 1 unspecified atom stereocenters. The molecule has 2 heteroatoms. The van der Waals surface area contributed by atoms with E-state index >= 15 is 0 Å². The van der Waals surface area contributed by atoms with E-state index in [9.17, 15) is 5.11 Å². The Morgan fingerprint density at radius 1 is 1.46 bits per heavy atom. The Labute approximate surface area is 78.7 Å². The van der Waals surface area contributed by atoms with E-state index in [1.165, 1.54) is 0 Å². The van der Waals surface area contributed by atoms with Gasteiger partial charge in [0.15, 0.2) is 0 Å². The minimum Gasteiger partial charge on any atom is -0.399 e. The number of rotatable bonds is 2. The van der Waals surface area contributed by atoms with Gasteiger partial charge in [-0.15, -0.1) is 0 Å². The number of hydrogen-bond donors (Lipinski definition) is 2. The van der Waals surface area contributed by atoms with Crippen LogP contribution in [0.1, 0.15) is 24.2 Å². The van der Waals surface area contributed by atoms with Crippen LogP contribution in [0.5, 0.6) is 0 Å². The van der Waals surface area contributed by atoms with Gasteiger partial charge in [0.05, 0.1) is 6.10 Å². The van der Waals surface area contributed by atoms with Gasteiger partial charge in [-0.25, -0.2) is 0 Å². The summed E-state index contributed by atoms with van der Waals surface area (Å²) in [7, 11) is 0. The minimum absolute atomic E-state index is 0.609.